The number of hydrogen-bond donors (Lipinski definition) is 2. The number of aromatic amines is 1. The molecule has 1 aliphatic carbocycles. The first-order valence-corrected chi connectivity index (χ1v) is 9.33. The van der Waals surface area contributed by atoms with Crippen LogP contribution >= 0.6 is 11.8 Å². The number of aryl methyl sites for hydroxylation is 1. The van der Waals surface area contributed by atoms with Gasteiger partial charge in [-0.25, -0.2) is 4.98 Å². The monoisotopic (exact) mass is 366 g/mol. The van der Waals surface area contributed by atoms with Gasteiger partial charge in [0, 0.05) is 6.04 Å². The second kappa shape index (κ2) is 6.50. The zero-order valence-corrected chi connectivity index (χ0v) is 15.3. The zero-order chi connectivity index (χ0) is 18.3. The molecule has 1 fully saturated rings. The van der Waals surface area contributed by atoms with Crippen molar-refractivity contribution >= 4 is 28.4 Å². The minimum Gasteiger partial charge on any atom is -0.510 e. The molecule has 0 amide bonds. The zero-order valence-electron chi connectivity index (χ0n) is 14.5. The highest BCUT2D eigenvalue weighted by Gasteiger charge is 2.30. The predicted molar refractivity (Wildman–Crippen MR) is 99.6 cm³/mol. The molecule has 2 aromatic heterocycles. The molecule has 1 saturated carbocycles. The number of rotatable bonds is 5. The number of nitriles is 1. The lowest BCUT2D eigenvalue weighted by molar-refractivity contribution is 0.401. The van der Waals surface area contributed by atoms with Crippen LogP contribution < -0.4 is 0 Å². The molecule has 0 bridgehead atoms. The normalized spacial score (nSPS) is 16.3. The van der Waals surface area contributed by atoms with Gasteiger partial charge < -0.3 is 14.7 Å². The molecule has 8 heteroatoms. The Morgan fingerprint density at radius 3 is 2.85 bits per heavy atom. The number of thioether (sulfide) groups is 1. The number of allylic oxidation sites excluding steroid dienone is 1. The number of para-hydroxylation sites is 2. The molecule has 132 valence electrons. The summed E-state index contributed by atoms with van der Waals surface area (Å²) in [6, 6.07) is 10.1. The van der Waals surface area contributed by atoms with Crippen LogP contribution in [0.5, 0.6) is 0 Å². The first-order valence-electron chi connectivity index (χ1n) is 8.45. The Bertz CT molecular complexity index is 1010. The van der Waals surface area contributed by atoms with Crippen molar-refractivity contribution in [2.75, 3.05) is 0 Å². The van der Waals surface area contributed by atoms with E-state index < -0.39 is 0 Å². The number of nitrogens with zero attached hydrogens (tertiary/aromatic N) is 5. The van der Waals surface area contributed by atoms with Crippen LogP contribution in [0.3, 0.4) is 0 Å². The lowest BCUT2D eigenvalue weighted by atomic mass is 10.2. The highest BCUT2D eigenvalue weighted by Crippen LogP contribution is 2.40. The van der Waals surface area contributed by atoms with Crippen LogP contribution in [0.25, 0.3) is 16.6 Å². The van der Waals surface area contributed by atoms with Crippen LogP contribution in [0.15, 0.2) is 35.2 Å². The molecule has 7 nitrogen and oxygen atoms in total. The van der Waals surface area contributed by atoms with Gasteiger partial charge in [0.25, 0.3) is 0 Å². The summed E-state index contributed by atoms with van der Waals surface area (Å²) >= 11 is 1.40. The standard InChI is InChI=1S/C18H18N6OS/c1-10(26-18-23-22-11(2)24(18)12-7-8-12)16(25)13(9-19)17-20-14-5-3-4-6-15(14)21-17/h3-6,10,12,25H,7-8H2,1-2H3,(H,20,21)/b16-13-/t10-/m1/s1. The van der Waals surface area contributed by atoms with E-state index in [4.69, 9.17) is 0 Å². The second-order valence-electron chi connectivity index (χ2n) is 6.37. The fraction of sp³-hybridized carbons (Fsp3) is 0.333. The van der Waals surface area contributed by atoms with Gasteiger partial charge in [-0.15, -0.1) is 10.2 Å². The summed E-state index contributed by atoms with van der Waals surface area (Å²) in [5.41, 5.74) is 1.73. The molecule has 2 heterocycles. The smallest absolute Gasteiger partial charge is 0.192 e. The molecular formula is C18H18N6OS. The van der Waals surface area contributed by atoms with Crippen molar-refractivity contribution in [3.8, 4) is 6.07 Å². The topological polar surface area (TPSA) is 103 Å². The van der Waals surface area contributed by atoms with Gasteiger partial charge in [0.2, 0.25) is 0 Å². The first kappa shape index (κ1) is 16.7. The summed E-state index contributed by atoms with van der Waals surface area (Å²) in [5.74, 6) is 1.24. The molecule has 0 spiro atoms. The van der Waals surface area contributed by atoms with E-state index in [1.54, 1.807) is 0 Å². The number of H-pyrrole nitrogens is 1. The summed E-state index contributed by atoms with van der Waals surface area (Å²) in [6.07, 6.45) is 2.26. The lowest BCUT2D eigenvalue weighted by Crippen LogP contribution is -2.07. The molecule has 26 heavy (non-hydrogen) atoms. The van der Waals surface area contributed by atoms with Crippen LogP contribution in [0.2, 0.25) is 0 Å². The third-order valence-corrected chi connectivity index (χ3v) is 5.47. The maximum Gasteiger partial charge on any atom is 0.192 e. The Balaban J connectivity index is 1.65. The van der Waals surface area contributed by atoms with Gasteiger partial charge in [-0.05, 0) is 38.8 Å². The molecule has 0 radical (unpaired) electrons. The maximum absolute atomic E-state index is 10.7. The van der Waals surface area contributed by atoms with Gasteiger partial charge in [-0.2, -0.15) is 5.26 Å². The Morgan fingerprint density at radius 1 is 1.38 bits per heavy atom. The summed E-state index contributed by atoms with van der Waals surface area (Å²) < 4.78 is 2.11. The predicted octanol–water partition coefficient (Wildman–Crippen LogP) is 3.77. The first-order chi connectivity index (χ1) is 12.6. The fourth-order valence-electron chi connectivity index (χ4n) is 2.90. The minimum absolute atomic E-state index is 0.0143. The fourth-order valence-corrected chi connectivity index (χ4v) is 3.93. The Kier molecular flexibility index (Phi) is 4.17. The van der Waals surface area contributed by atoms with Crippen molar-refractivity contribution in [3.63, 3.8) is 0 Å². The summed E-state index contributed by atoms with van der Waals surface area (Å²) in [4.78, 5) is 7.51. The van der Waals surface area contributed by atoms with Crippen LogP contribution in [0.1, 0.15) is 37.5 Å². The third-order valence-electron chi connectivity index (χ3n) is 4.41. The molecule has 2 N–H and O–H groups in total. The average Bonchev–Trinajstić information content (AvgIpc) is 3.27. The maximum atomic E-state index is 10.7. The molecular weight excluding hydrogens is 348 g/mol. The SMILES string of the molecule is Cc1nnc(S[C@H](C)/C(O)=C(\C#N)c2nc3ccccc3[nH]2)n1C1CC1. The molecule has 3 aromatic rings. The van der Waals surface area contributed by atoms with Gasteiger partial charge >= 0.3 is 0 Å². The quantitative estimate of drug-likeness (QED) is 0.405. The Hall–Kier alpha value is -2.79. The van der Waals surface area contributed by atoms with E-state index in [1.165, 1.54) is 11.8 Å². The van der Waals surface area contributed by atoms with E-state index in [0.29, 0.717) is 11.9 Å². The molecule has 1 aromatic carbocycles. The van der Waals surface area contributed by atoms with Crippen LogP contribution in [0, 0.1) is 18.3 Å². The van der Waals surface area contributed by atoms with Crippen LogP contribution in [-0.2, 0) is 0 Å². The van der Waals surface area contributed by atoms with E-state index >= 15 is 0 Å². The Labute approximate surface area is 154 Å². The number of fused-ring (bicyclic) bond motifs is 1. The van der Waals surface area contributed by atoms with Gasteiger partial charge in [0.15, 0.2) is 11.0 Å². The van der Waals surface area contributed by atoms with Crippen LogP contribution in [-0.4, -0.2) is 35.1 Å². The highest BCUT2D eigenvalue weighted by molar-refractivity contribution is 7.99. The number of aliphatic hydroxyl groups is 1. The molecule has 1 aliphatic rings. The summed E-state index contributed by atoms with van der Waals surface area (Å²) in [5, 5.41) is 29.1. The average molecular weight is 366 g/mol. The number of aliphatic hydroxyl groups excluding tert-OH is 1. The van der Waals surface area contributed by atoms with E-state index in [0.717, 1.165) is 34.9 Å². The van der Waals surface area contributed by atoms with Gasteiger partial charge in [0.05, 0.1) is 16.3 Å². The third kappa shape index (κ3) is 2.95. The van der Waals surface area contributed by atoms with Gasteiger partial charge in [0.1, 0.15) is 23.2 Å². The molecule has 0 aliphatic heterocycles. The molecule has 0 saturated heterocycles. The number of nitrogens with one attached hydrogen (secondary N) is 1. The van der Waals surface area contributed by atoms with E-state index in [-0.39, 0.29) is 16.6 Å². The summed E-state index contributed by atoms with van der Waals surface area (Å²) in [7, 11) is 0. The van der Waals surface area contributed by atoms with Crippen molar-refractivity contribution < 1.29 is 5.11 Å². The summed E-state index contributed by atoms with van der Waals surface area (Å²) in [6.45, 7) is 3.78. The van der Waals surface area contributed by atoms with E-state index in [2.05, 4.69) is 30.8 Å². The molecule has 1 atom stereocenters. The largest absolute Gasteiger partial charge is 0.510 e. The van der Waals surface area contributed by atoms with Gasteiger partial charge in [-0.1, -0.05) is 23.9 Å². The number of hydrogen-bond acceptors (Lipinski definition) is 6. The van der Waals surface area contributed by atoms with Gasteiger partial charge in [-0.3, -0.25) is 0 Å². The van der Waals surface area contributed by atoms with Crippen molar-refractivity contribution in [1.29, 1.82) is 5.26 Å². The van der Waals surface area contributed by atoms with Crippen LogP contribution in [0.4, 0.5) is 0 Å². The van der Waals surface area contributed by atoms with E-state index in [9.17, 15) is 10.4 Å². The number of aromatic nitrogens is 5. The second-order valence-corrected chi connectivity index (χ2v) is 7.67. The van der Waals surface area contributed by atoms with Crippen molar-refractivity contribution in [1.82, 2.24) is 24.7 Å². The highest BCUT2D eigenvalue weighted by atomic mass is 32.2. The molecule has 4 rings (SSSR count). The number of benzene rings is 1. The van der Waals surface area contributed by atoms with Crippen molar-refractivity contribution in [3.05, 3.63) is 41.7 Å². The Morgan fingerprint density at radius 2 is 2.15 bits per heavy atom. The van der Waals surface area contributed by atoms with Crippen molar-refractivity contribution in [2.45, 2.75) is 43.1 Å². The number of imidazole rings is 1. The molecule has 0 unspecified atom stereocenters. The lowest BCUT2D eigenvalue weighted by Gasteiger charge is -2.12. The van der Waals surface area contributed by atoms with E-state index in [1.807, 2.05) is 38.1 Å². The van der Waals surface area contributed by atoms with Crippen molar-refractivity contribution in [2.24, 2.45) is 0 Å². The minimum atomic E-state index is -0.348.